The Hall–Kier alpha value is -5.88. The largest absolute Gasteiger partial charge is 0.278 e. The number of benzene rings is 4. The summed E-state index contributed by atoms with van der Waals surface area (Å²) in [6.45, 7) is 6.37. The molecule has 0 aliphatic carbocycles. The number of H-pyrrole nitrogens is 2. The number of nitrogens with zero attached hydrogens (tertiary/aromatic N) is 4. The fourth-order valence-electron chi connectivity index (χ4n) is 6.46. The highest BCUT2D eigenvalue weighted by Crippen LogP contribution is 2.39. The van der Waals surface area contributed by atoms with Gasteiger partial charge in [0.15, 0.2) is 0 Å². The van der Waals surface area contributed by atoms with Gasteiger partial charge in [-0.15, -0.1) is 0 Å². The van der Waals surface area contributed by atoms with E-state index in [2.05, 4.69) is 125 Å². The van der Waals surface area contributed by atoms with Crippen LogP contribution in [0.5, 0.6) is 0 Å². The summed E-state index contributed by atoms with van der Waals surface area (Å²) in [6.07, 6.45) is 6.62. The van der Waals surface area contributed by atoms with Gasteiger partial charge in [-0.05, 0) is 91.1 Å². The molecule has 0 bridgehead atoms. The van der Waals surface area contributed by atoms with Crippen molar-refractivity contribution in [2.75, 3.05) is 0 Å². The van der Waals surface area contributed by atoms with Gasteiger partial charge in [0.25, 0.3) is 0 Å². The van der Waals surface area contributed by atoms with Crippen molar-refractivity contribution in [3.05, 3.63) is 132 Å². The summed E-state index contributed by atoms with van der Waals surface area (Å²) < 4.78 is 0. The molecule has 0 aliphatic rings. The molecule has 0 fully saturated rings. The Kier molecular flexibility index (Phi) is 6.76. The molecule has 6 heteroatoms. The van der Waals surface area contributed by atoms with E-state index in [1.54, 1.807) is 0 Å². The van der Waals surface area contributed by atoms with E-state index >= 15 is 0 Å². The minimum absolute atomic E-state index is 0.876. The maximum Gasteiger partial charge on any atom is 0.0780 e. The monoisotopic (exact) mass is 596 g/mol. The lowest BCUT2D eigenvalue weighted by atomic mass is 9.90. The highest BCUT2D eigenvalue weighted by molar-refractivity contribution is 5.92. The second-order valence-corrected chi connectivity index (χ2v) is 11.9. The predicted molar refractivity (Wildman–Crippen MR) is 187 cm³/mol. The number of aryl methyl sites for hydroxylation is 3. The molecule has 222 valence electrons. The Bertz CT molecular complexity index is 2400. The molecule has 0 saturated heterocycles. The van der Waals surface area contributed by atoms with Crippen LogP contribution in [-0.2, 0) is 6.42 Å². The van der Waals surface area contributed by atoms with Crippen LogP contribution >= 0.6 is 0 Å². The molecule has 0 saturated carbocycles. The standard InChI is InChI=1S/C40H32N6/c1-4-26-18-30(39-34(9-6-16-41-39)27-11-14-37-32(19-27)23-43-45-37)10-13-33(26)31-21-36(28-12-15-38-35(20-28)25(3)44-46-38)40(42-22-31)29-8-5-7-24(2)17-29/h5-23H,4H2,1-3H3,(H,43,45)(H,44,46). The van der Waals surface area contributed by atoms with Crippen molar-refractivity contribution >= 4 is 21.8 Å². The third kappa shape index (κ3) is 4.85. The molecule has 4 heterocycles. The Morgan fingerprint density at radius 2 is 1.39 bits per heavy atom. The first-order valence-corrected chi connectivity index (χ1v) is 15.6. The molecular weight excluding hydrogens is 564 g/mol. The van der Waals surface area contributed by atoms with Crippen molar-refractivity contribution in [1.29, 1.82) is 0 Å². The van der Waals surface area contributed by atoms with Gasteiger partial charge >= 0.3 is 0 Å². The summed E-state index contributed by atoms with van der Waals surface area (Å²) in [4.78, 5) is 9.98. The van der Waals surface area contributed by atoms with E-state index in [-0.39, 0.29) is 0 Å². The Morgan fingerprint density at radius 1 is 0.587 bits per heavy atom. The molecule has 2 N–H and O–H groups in total. The smallest absolute Gasteiger partial charge is 0.0780 e. The molecule has 0 radical (unpaired) electrons. The van der Waals surface area contributed by atoms with Gasteiger partial charge in [0.1, 0.15) is 0 Å². The fraction of sp³-hybridized carbons (Fsp3) is 0.100. The van der Waals surface area contributed by atoms with Gasteiger partial charge in [0.05, 0.1) is 34.3 Å². The van der Waals surface area contributed by atoms with Crippen LogP contribution in [0, 0.1) is 13.8 Å². The number of nitrogens with one attached hydrogen (secondary N) is 2. The lowest BCUT2D eigenvalue weighted by Gasteiger charge is -2.16. The van der Waals surface area contributed by atoms with Crippen LogP contribution in [0.1, 0.15) is 23.7 Å². The topological polar surface area (TPSA) is 83.1 Å². The number of fused-ring (bicyclic) bond motifs is 2. The molecule has 0 atom stereocenters. The molecule has 8 aromatic rings. The van der Waals surface area contributed by atoms with Crippen molar-refractivity contribution in [2.45, 2.75) is 27.2 Å². The SMILES string of the molecule is CCc1cc(-c2ncccc2-c2ccc3[nH]ncc3c2)ccc1-c1cnc(-c2cccc(C)c2)c(-c2ccc3[nH]nc(C)c3c2)c1. The average Bonchev–Trinajstić information content (AvgIpc) is 3.73. The van der Waals surface area contributed by atoms with Gasteiger partial charge < -0.3 is 0 Å². The molecule has 8 rings (SSSR count). The van der Waals surface area contributed by atoms with Gasteiger partial charge in [0.2, 0.25) is 0 Å². The van der Waals surface area contributed by atoms with E-state index in [4.69, 9.17) is 9.97 Å². The van der Waals surface area contributed by atoms with E-state index in [0.717, 1.165) is 84.3 Å². The summed E-state index contributed by atoms with van der Waals surface area (Å²) in [5.74, 6) is 0. The van der Waals surface area contributed by atoms with Crippen LogP contribution in [0.2, 0.25) is 0 Å². The van der Waals surface area contributed by atoms with Crippen LogP contribution in [0.25, 0.3) is 77.7 Å². The molecule has 46 heavy (non-hydrogen) atoms. The Morgan fingerprint density at radius 3 is 2.26 bits per heavy atom. The summed E-state index contributed by atoms with van der Waals surface area (Å²) in [5.41, 5.74) is 16.3. The molecule has 0 unspecified atom stereocenters. The Balaban J connectivity index is 1.25. The third-order valence-electron chi connectivity index (χ3n) is 8.87. The van der Waals surface area contributed by atoms with Crippen LogP contribution in [0.3, 0.4) is 0 Å². The quantitative estimate of drug-likeness (QED) is 0.200. The fourth-order valence-corrected chi connectivity index (χ4v) is 6.46. The van der Waals surface area contributed by atoms with Crippen molar-refractivity contribution in [1.82, 2.24) is 30.4 Å². The van der Waals surface area contributed by atoms with Gasteiger partial charge in [0, 0.05) is 51.0 Å². The van der Waals surface area contributed by atoms with E-state index in [1.165, 1.54) is 16.7 Å². The molecule has 0 amide bonds. The number of rotatable bonds is 6. The van der Waals surface area contributed by atoms with Crippen LogP contribution < -0.4 is 0 Å². The lowest BCUT2D eigenvalue weighted by molar-refractivity contribution is 1.07. The minimum Gasteiger partial charge on any atom is -0.278 e. The second kappa shape index (κ2) is 11.2. The van der Waals surface area contributed by atoms with E-state index in [1.807, 2.05) is 31.6 Å². The van der Waals surface area contributed by atoms with Crippen molar-refractivity contribution in [3.8, 4) is 55.9 Å². The minimum atomic E-state index is 0.876. The van der Waals surface area contributed by atoms with E-state index < -0.39 is 0 Å². The highest BCUT2D eigenvalue weighted by Gasteiger charge is 2.17. The maximum absolute atomic E-state index is 5.12. The van der Waals surface area contributed by atoms with E-state index in [0.29, 0.717) is 0 Å². The van der Waals surface area contributed by atoms with Gasteiger partial charge in [-0.25, -0.2) is 0 Å². The third-order valence-corrected chi connectivity index (χ3v) is 8.87. The summed E-state index contributed by atoms with van der Waals surface area (Å²) in [7, 11) is 0. The average molecular weight is 597 g/mol. The highest BCUT2D eigenvalue weighted by atomic mass is 15.1. The Labute approximate surface area is 267 Å². The first-order valence-electron chi connectivity index (χ1n) is 15.6. The van der Waals surface area contributed by atoms with Crippen LogP contribution in [0.15, 0.2) is 116 Å². The molecule has 6 nitrogen and oxygen atoms in total. The zero-order chi connectivity index (χ0) is 31.2. The molecule has 0 aliphatic heterocycles. The van der Waals surface area contributed by atoms with Gasteiger partial charge in [-0.1, -0.05) is 61.0 Å². The van der Waals surface area contributed by atoms with Gasteiger partial charge in [-0.2, -0.15) is 10.2 Å². The number of aromatic amines is 2. The number of hydrogen-bond acceptors (Lipinski definition) is 4. The molecular formula is C40H32N6. The van der Waals surface area contributed by atoms with Crippen molar-refractivity contribution < 1.29 is 0 Å². The maximum atomic E-state index is 5.12. The summed E-state index contributed by atoms with van der Waals surface area (Å²) in [6, 6.07) is 34.6. The van der Waals surface area contributed by atoms with Gasteiger partial charge in [-0.3, -0.25) is 20.2 Å². The van der Waals surface area contributed by atoms with Crippen molar-refractivity contribution in [2.24, 2.45) is 0 Å². The van der Waals surface area contributed by atoms with Crippen LogP contribution in [0.4, 0.5) is 0 Å². The van der Waals surface area contributed by atoms with Crippen molar-refractivity contribution in [3.63, 3.8) is 0 Å². The lowest BCUT2D eigenvalue weighted by Crippen LogP contribution is -1.96. The summed E-state index contributed by atoms with van der Waals surface area (Å²) in [5, 5.41) is 17.0. The number of pyridine rings is 2. The molecule has 4 aromatic carbocycles. The predicted octanol–water partition coefficient (Wildman–Crippen LogP) is 9.74. The van der Waals surface area contributed by atoms with E-state index in [9.17, 15) is 0 Å². The normalized spacial score (nSPS) is 11.5. The molecule has 4 aromatic heterocycles. The van der Waals surface area contributed by atoms with Crippen LogP contribution in [-0.4, -0.2) is 30.4 Å². The number of aromatic nitrogens is 6. The second-order valence-electron chi connectivity index (χ2n) is 11.9. The summed E-state index contributed by atoms with van der Waals surface area (Å²) >= 11 is 0. The molecule has 0 spiro atoms. The number of hydrogen-bond donors (Lipinski definition) is 2. The first-order chi connectivity index (χ1) is 22.6. The first kappa shape index (κ1) is 27.7. The zero-order valence-electron chi connectivity index (χ0n) is 26.0. The zero-order valence-corrected chi connectivity index (χ0v) is 26.0.